The van der Waals surface area contributed by atoms with Crippen molar-refractivity contribution in [1.82, 2.24) is 0 Å². The first-order valence-corrected chi connectivity index (χ1v) is 12.8. The minimum atomic E-state index is 0.179. The molecule has 0 aliphatic heterocycles. The Hall–Kier alpha value is -0.0500. The van der Waals surface area contributed by atoms with E-state index in [9.17, 15) is 0 Å². The van der Waals surface area contributed by atoms with E-state index in [4.69, 9.17) is 0 Å². The van der Waals surface area contributed by atoms with Gasteiger partial charge in [-0.15, -0.1) is 5.73 Å². The molecule has 142 valence electrons. The van der Waals surface area contributed by atoms with E-state index >= 15 is 0 Å². The van der Waals surface area contributed by atoms with Crippen LogP contribution in [-0.4, -0.2) is 17.0 Å². The summed E-state index contributed by atoms with van der Waals surface area (Å²) in [5.74, 6) is 0. The van der Waals surface area contributed by atoms with Crippen molar-refractivity contribution < 1.29 is 0 Å². The van der Waals surface area contributed by atoms with E-state index in [2.05, 4.69) is 32.6 Å². The summed E-state index contributed by atoms with van der Waals surface area (Å²) in [6.45, 7) is 6.97. The fourth-order valence-corrected chi connectivity index (χ4v) is 9.95. The summed E-state index contributed by atoms with van der Waals surface area (Å²) < 4.78 is 0. The molecule has 0 bridgehead atoms. The van der Waals surface area contributed by atoms with Crippen LogP contribution in [0.3, 0.4) is 0 Å². The van der Waals surface area contributed by atoms with Crippen LogP contribution in [0.15, 0.2) is 17.4 Å². The lowest BCUT2D eigenvalue weighted by Gasteiger charge is -2.45. The summed E-state index contributed by atoms with van der Waals surface area (Å²) >= 11 is 0. The van der Waals surface area contributed by atoms with E-state index in [-0.39, 0.29) is 13.3 Å². The van der Waals surface area contributed by atoms with Crippen LogP contribution in [0.25, 0.3) is 0 Å². The van der Waals surface area contributed by atoms with E-state index in [1.54, 1.807) is 31.3 Å². The van der Waals surface area contributed by atoms with Gasteiger partial charge in [0.1, 0.15) is 0 Å². The lowest BCUT2D eigenvalue weighted by Crippen LogP contribution is -2.29. The van der Waals surface area contributed by atoms with Crippen molar-refractivity contribution in [2.75, 3.05) is 0 Å². The molecule has 3 aliphatic carbocycles. The highest BCUT2D eigenvalue weighted by Crippen LogP contribution is 2.62. The lowest BCUT2D eigenvalue weighted by molar-refractivity contribution is 0.476. The van der Waals surface area contributed by atoms with Gasteiger partial charge in [-0.05, 0) is 73.3 Å². The first-order valence-electron chi connectivity index (χ1n) is 11.3. The largest absolute Gasteiger partial charge is 0.125 e. The second-order valence-corrected chi connectivity index (χ2v) is 13.0. The SMILES string of the molecule is CC(C)(C)C=C=C1CCCCC1P(C1CCCCC1)C1CCCCC1. The molecule has 0 aromatic carbocycles. The van der Waals surface area contributed by atoms with E-state index in [0.29, 0.717) is 0 Å². The first-order chi connectivity index (χ1) is 12.0. The molecule has 3 fully saturated rings. The zero-order chi connectivity index (χ0) is 17.7. The Labute approximate surface area is 158 Å². The van der Waals surface area contributed by atoms with Crippen molar-refractivity contribution in [2.24, 2.45) is 5.41 Å². The zero-order valence-electron chi connectivity index (χ0n) is 17.2. The van der Waals surface area contributed by atoms with Crippen molar-refractivity contribution in [3.8, 4) is 0 Å². The van der Waals surface area contributed by atoms with Crippen LogP contribution in [0, 0.1) is 5.41 Å². The molecule has 0 N–H and O–H groups in total. The fraction of sp³-hybridized carbons (Fsp3) is 0.875. The highest BCUT2D eigenvalue weighted by Gasteiger charge is 2.38. The standard InChI is InChI=1S/C24H41P/c1-24(2,3)19-18-20-12-10-11-17-23(20)25(21-13-6-4-7-14-21)22-15-8-5-9-16-22/h19,21-23H,4-17H2,1-3H3. The Bertz CT molecular complexity index is 447. The summed E-state index contributed by atoms with van der Waals surface area (Å²) in [4.78, 5) is 0. The molecule has 0 heterocycles. The molecule has 1 atom stereocenters. The van der Waals surface area contributed by atoms with Crippen LogP contribution in [0.4, 0.5) is 0 Å². The Morgan fingerprint density at radius 2 is 1.28 bits per heavy atom. The molecular weight excluding hydrogens is 319 g/mol. The van der Waals surface area contributed by atoms with Gasteiger partial charge in [-0.1, -0.05) is 73.6 Å². The van der Waals surface area contributed by atoms with E-state index < -0.39 is 0 Å². The Morgan fingerprint density at radius 1 is 0.760 bits per heavy atom. The Kier molecular flexibility index (Phi) is 7.28. The van der Waals surface area contributed by atoms with Crippen LogP contribution in [0.2, 0.25) is 0 Å². The quantitative estimate of drug-likeness (QED) is 0.351. The molecule has 0 saturated heterocycles. The number of allylic oxidation sites excluding steroid dienone is 1. The molecule has 3 rings (SSSR count). The van der Waals surface area contributed by atoms with Crippen molar-refractivity contribution >= 4 is 7.92 Å². The number of rotatable bonds is 3. The van der Waals surface area contributed by atoms with Crippen molar-refractivity contribution in [3.63, 3.8) is 0 Å². The predicted molar refractivity (Wildman–Crippen MR) is 114 cm³/mol. The summed E-state index contributed by atoms with van der Waals surface area (Å²) in [5, 5.41) is 0. The molecule has 1 heteroatoms. The average molecular weight is 361 g/mol. The second-order valence-electron chi connectivity index (χ2n) is 9.97. The molecule has 25 heavy (non-hydrogen) atoms. The van der Waals surface area contributed by atoms with E-state index in [0.717, 1.165) is 17.0 Å². The van der Waals surface area contributed by atoms with E-state index in [1.807, 2.05) is 0 Å². The van der Waals surface area contributed by atoms with Crippen LogP contribution < -0.4 is 0 Å². The second kappa shape index (κ2) is 9.24. The maximum absolute atomic E-state index is 3.88. The van der Waals surface area contributed by atoms with Gasteiger partial charge in [0.15, 0.2) is 0 Å². The molecule has 3 aliphatic rings. The Morgan fingerprint density at radius 3 is 1.80 bits per heavy atom. The number of hydrogen-bond acceptors (Lipinski definition) is 0. The predicted octanol–water partition coefficient (Wildman–Crippen LogP) is 8.20. The van der Waals surface area contributed by atoms with Gasteiger partial charge in [0.2, 0.25) is 0 Å². The van der Waals surface area contributed by atoms with Gasteiger partial charge in [0.05, 0.1) is 0 Å². The van der Waals surface area contributed by atoms with Gasteiger partial charge < -0.3 is 0 Å². The van der Waals surface area contributed by atoms with Crippen LogP contribution in [0.5, 0.6) is 0 Å². The van der Waals surface area contributed by atoms with Gasteiger partial charge in [0, 0.05) is 5.66 Å². The molecule has 0 amide bonds. The van der Waals surface area contributed by atoms with Gasteiger partial charge in [0.25, 0.3) is 0 Å². The monoisotopic (exact) mass is 360 g/mol. The van der Waals surface area contributed by atoms with E-state index in [1.165, 1.54) is 64.2 Å². The third kappa shape index (κ3) is 5.71. The van der Waals surface area contributed by atoms with Crippen LogP contribution >= 0.6 is 7.92 Å². The van der Waals surface area contributed by atoms with Crippen molar-refractivity contribution in [3.05, 3.63) is 17.4 Å². The summed E-state index contributed by atoms with van der Waals surface area (Å²) in [5.41, 5.74) is 8.98. The zero-order valence-corrected chi connectivity index (χ0v) is 18.1. The molecule has 3 saturated carbocycles. The molecule has 0 spiro atoms. The molecule has 1 unspecified atom stereocenters. The smallest absolute Gasteiger partial charge is 0.00814 e. The first kappa shape index (κ1) is 19.7. The third-order valence-electron chi connectivity index (χ3n) is 6.62. The molecule has 0 radical (unpaired) electrons. The molecule has 0 nitrogen and oxygen atoms in total. The van der Waals surface area contributed by atoms with Crippen molar-refractivity contribution in [2.45, 2.75) is 128 Å². The van der Waals surface area contributed by atoms with Crippen LogP contribution in [0.1, 0.15) is 111 Å². The lowest BCUT2D eigenvalue weighted by atomic mass is 9.92. The van der Waals surface area contributed by atoms with Gasteiger partial charge in [-0.3, -0.25) is 0 Å². The highest BCUT2D eigenvalue weighted by atomic mass is 31.1. The minimum Gasteiger partial charge on any atom is -0.125 e. The summed E-state index contributed by atoms with van der Waals surface area (Å²) in [7, 11) is 0.179. The van der Waals surface area contributed by atoms with Crippen molar-refractivity contribution in [1.29, 1.82) is 0 Å². The maximum atomic E-state index is 3.88. The topological polar surface area (TPSA) is 0 Å². The normalized spacial score (nSPS) is 27.4. The molecule has 0 aromatic rings. The average Bonchev–Trinajstić information content (AvgIpc) is 2.62. The molecule has 0 aromatic heterocycles. The van der Waals surface area contributed by atoms with Gasteiger partial charge in [-0.25, -0.2) is 0 Å². The molecular formula is C24H41P. The summed E-state index contributed by atoms with van der Waals surface area (Å²) in [6.07, 6.45) is 23.4. The minimum absolute atomic E-state index is 0.179. The van der Waals surface area contributed by atoms with Gasteiger partial charge >= 0.3 is 0 Å². The highest BCUT2D eigenvalue weighted by molar-refractivity contribution is 7.60. The fourth-order valence-electron chi connectivity index (χ4n) is 5.37. The third-order valence-corrected chi connectivity index (χ3v) is 10.6. The Balaban J connectivity index is 1.87. The number of hydrogen-bond donors (Lipinski definition) is 0. The maximum Gasteiger partial charge on any atom is 0.00814 e. The van der Waals surface area contributed by atoms with Crippen LogP contribution in [-0.2, 0) is 0 Å². The van der Waals surface area contributed by atoms with Gasteiger partial charge in [-0.2, -0.15) is 0 Å². The summed E-state index contributed by atoms with van der Waals surface area (Å²) in [6, 6.07) is 0.